The summed E-state index contributed by atoms with van der Waals surface area (Å²) in [6, 6.07) is 2.23. The molecule has 2 fully saturated rings. The molecule has 2 rings (SSSR count). The zero-order valence-corrected chi connectivity index (χ0v) is 8.62. The lowest BCUT2D eigenvalue weighted by Crippen LogP contribution is -2.49. The van der Waals surface area contributed by atoms with Gasteiger partial charge < -0.3 is 4.90 Å². The smallest absolute Gasteiger partial charge is 0.243 e. The number of nitrogens with zero attached hydrogens (tertiary/aromatic N) is 2. The second kappa shape index (κ2) is 3.27. The third-order valence-corrected chi connectivity index (χ3v) is 3.41. The van der Waals surface area contributed by atoms with E-state index in [0.29, 0.717) is 5.92 Å². The van der Waals surface area contributed by atoms with Crippen LogP contribution in [0.3, 0.4) is 0 Å². The average molecular weight is 192 g/mol. The molecule has 0 N–H and O–H groups in total. The summed E-state index contributed by atoms with van der Waals surface area (Å²) in [5, 5.41) is 9.09. The highest BCUT2D eigenvalue weighted by molar-refractivity contribution is 5.86. The maximum Gasteiger partial charge on any atom is 0.243 e. The predicted octanol–water partition coefficient (Wildman–Crippen LogP) is 1.55. The monoisotopic (exact) mass is 192 g/mol. The molecule has 1 aliphatic heterocycles. The van der Waals surface area contributed by atoms with Crippen molar-refractivity contribution >= 4 is 5.91 Å². The molecule has 1 saturated carbocycles. The number of carbonyl (C=O) groups is 1. The summed E-state index contributed by atoms with van der Waals surface area (Å²) in [5.74, 6) is 0.636. The molecule has 0 bridgehead atoms. The van der Waals surface area contributed by atoms with Gasteiger partial charge in [0.1, 0.15) is 5.41 Å². The Hall–Kier alpha value is -1.04. The summed E-state index contributed by atoms with van der Waals surface area (Å²) in [6.07, 6.45) is 3.73. The zero-order valence-electron chi connectivity index (χ0n) is 8.62. The van der Waals surface area contributed by atoms with Crippen LogP contribution < -0.4 is 0 Å². The summed E-state index contributed by atoms with van der Waals surface area (Å²) in [6.45, 7) is 3.82. The van der Waals surface area contributed by atoms with Gasteiger partial charge in [-0.2, -0.15) is 5.26 Å². The van der Waals surface area contributed by atoms with Gasteiger partial charge >= 0.3 is 0 Å². The second-order valence-electron chi connectivity index (χ2n) is 4.71. The van der Waals surface area contributed by atoms with Gasteiger partial charge in [0.05, 0.1) is 6.07 Å². The molecule has 0 aromatic heterocycles. The zero-order chi connectivity index (χ0) is 10.2. The highest BCUT2D eigenvalue weighted by Crippen LogP contribution is 2.46. The van der Waals surface area contributed by atoms with Gasteiger partial charge in [-0.3, -0.25) is 4.79 Å². The van der Waals surface area contributed by atoms with Gasteiger partial charge in [-0.25, -0.2) is 0 Å². The molecule has 0 unspecified atom stereocenters. The van der Waals surface area contributed by atoms with Crippen LogP contribution in [0.1, 0.15) is 32.6 Å². The third kappa shape index (κ3) is 1.30. The molecule has 14 heavy (non-hydrogen) atoms. The van der Waals surface area contributed by atoms with Crippen LogP contribution in [0.4, 0.5) is 0 Å². The van der Waals surface area contributed by atoms with Crippen molar-refractivity contribution in [3.63, 3.8) is 0 Å². The van der Waals surface area contributed by atoms with Gasteiger partial charge in [0.25, 0.3) is 0 Å². The first kappa shape index (κ1) is 9.51. The first-order chi connectivity index (χ1) is 6.68. The van der Waals surface area contributed by atoms with Crippen LogP contribution in [-0.2, 0) is 4.79 Å². The largest absolute Gasteiger partial charge is 0.341 e. The minimum atomic E-state index is -0.649. The Morgan fingerprint density at radius 2 is 2.00 bits per heavy atom. The van der Waals surface area contributed by atoms with Gasteiger partial charge in [-0.1, -0.05) is 6.92 Å². The number of likely N-dealkylation sites (tertiary alicyclic amines) is 1. The van der Waals surface area contributed by atoms with E-state index in [1.807, 2.05) is 4.90 Å². The first-order valence-corrected chi connectivity index (χ1v) is 5.38. The predicted molar refractivity (Wildman–Crippen MR) is 52.3 cm³/mol. The normalized spacial score (nSPS) is 36.3. The Morgan fingerprint density at radius 1 is 1.43 bits per heavy atom. The number of rotatable bonds is 1. The number of hydrogen-bond acceptors (Lipinski definition) is 2. The number of amides is 1. The van der Waals surface area contributed by atoms with E-state index in [4.69, 9.17) is 5.26 Å². The van der Waals surface area contributed by atoms with Gasteiger partial charge in [0.2, 0.25) is 5.91 Å². The molecule has 0 aromatic carbocycles. The van der Waals surface area contributed by atoms with E-state index in [0.717, 1.165) is 38.8 Å². The minimum absolute atomic E-state index is 0.0931. The molecule has 0 atom stereocenters. The van der Waals surface area contributed by atoms with Crippen molar-refractivity contribution in [2.75, 3.05) is 13.1 Å². The third-order valence-electron chi connectivity index (χ3n) is 3.41. The van der Waals surface area contributed by atoms with Crippen LogP contribution in [0.2, 0.25) is 0 Å². The lowest BCUT2D eigenvalue weighted by molar-refractivity contribution is -0.144. The standard InChI is InChI=1S/C11H16N2O/c1-9-6-11(7-9,8-12)10(14)13-4-2-3-5-13/h9H,2-7H2,1H3. The van der Waals surface area contributed by atoms with Gasteiger partial charge in [-0.05, 0) is 31.6 Å². The molecule has 1 heterocycles. The topological polar surface area (TPSA) is 44.1 Å². The molecular formula is C11H16N2O. The van der Waals surface area contributed by atoms with Crippen molar-refractivity contribution in [3.8, 4) is 6.07 Å². The number of carbonyl (C=O) groups excluding carboxylic acids is 1. The molecule has 76 valence electrons. The lowest BCUT2D eigenvalue weighted by Gasteiger charge is -2.41. The highest BCUT2D eigenvalue weighted by Gasteiger charge is 2.50. The van der Waals surface area contributed by atoms with Crippen molar-refractivity contribution < 1.29 is 4.79 Å². The van der Waals surface area contributed by atoms with E-state index in [-0.39, 0.29) is 5.91 Å². The summed E-state index contributed by atoms with van der Waals surface area (Å²) >= 11 is 0. The van der Waals surface area contributed by atoms with Crippen LogP contribution in [0, 0.1) is 22.7 Å². The molecule has 0 aromatic rings. The average Bonchev–Trinajstić information content (AvgIpc) is 2.64. The first-order valence-electron chi connectivity index (χ1n) is 5.38. The fraction of sp³-hybridized carbons (Fsp3) is 0.818. The SMILES string of the molecule is CC1CC(C#N)(C(=O)N2CCCC2)C1. The van der Waals surface area contributed by atoms with E-state index in [2.05, 4.69) is 13.0 Å². The summed E-state index contributed by atoms with van der Waals surface area (Å²) in [7, 11) is 0. The van der Waals surface area contributed by atoms with Crippen molar-refractivity contribution in [1.82, 2.24) is 4.90 Å². The Balaban J connectivity index is 2.06. The molecule has 3 heteroatoms. The Bertz CT molecular complexity index is 280. The van der Waals surface area contributed by atoms with E-state index in [1.165, 1.54) is 0 Å². The van der Waals surface area contributed by atoms with Gasteiger partial charge in [-0.15, -0.1) is 0 Å². The van der Waals surface area contributed by atoms with Gasteiger partial charge in [0, 0.05) is 13.1 Å². The summed E-state index contributed by atoms with van der Waals surface area (Å²) in [5.41, 5.74) is -0.649. The van der Waals surface area contributed by atoms with Crippen LogP contribution >= 0.6 is 0 Å². The Kier molecular flexibility index (Phi) is 2.22. The molecule has 1 saturated heterocycles. The Morgan fingerprint density at radius 3 is 2.43 bits per heavy atom. The van der Waals surface area contributed by atoms with Crippen molar-refractivity contribution in [2.24, 2.45) is 11.3 Å². The van der Waals surface area contributed by atoms with Crippen molar-refractivity contribution in [1.29, 1.82) is 5.26 Å². The van der Waals surface area contributed by atoms with Crippen LogP contribution in [0.25, 0.3) is 0 Å². The van der Waals surface area contributed by atoms with Crippen LogP contribution in [-0.4, -0.2) is 23.9 Å². The van der Waals surface area contributed by atoms with Crippen molar-refractivity contribution in [3.05, 3.63) is 0 Å². The summed E-state index contributed by atoms with van der Waals surface area (Å²) in [4.78, 5) is 13.9. The molecule has 0 spiro atoms. The molecule has 3 nitrogen and oxygen atoms in total. The van der Waals surface area contributed by atoms with E-state index >= 15 is 0 Å². The minimum Gasteiger partial charge on any atom is -0.341 e. The maximum absolute atomic E-state index is 12.0. The lowest BCUT2D eigenvalue weighted by atomic mass is 9.63. The fourth-order valence-electron chi connectivity index (χ4n) is 2.67. The van der Waals surface area contributed by atoms with E-state index < -0.39 is 5.41 Å². The van der Waals surface area contributed by atoms with E-state index in [1.54, 1.807) is 0 Å². The van der Waals surface area contributed by atoms with E-state index in [9.17, 15) is 4.79 Å². The molecule has 0 radical (unpaired) electrons. The second-order valence-corrected chi connectivity index (χ2v) is 4.71. The number of nitriles is 1. The molecule has 2 aliphatic rings. The fourth-order valence-corrected chi connectivity index (χ4v) is 2.67. The number of hydrogen-bond donors (Lipinski definition) is 0. The molecule has 1 amide bonds. The highest BCUT2D eigenvalue weighted by atomic mass is 16.2. The molecule has 1 aliphatic carbocycles. The Labute approximate surface area is 84.7 Å². The van der Waals surface area contributed by atoms with Gasteiger partial charge in [0.15, 0.2) is 0 Å². The molecular weight excluding hydrogens is 176 g/mol. The quantitative estimate of drug-likeness (QED) is 0.632. The van der Waals surface area contributed by atoms with Crippen LogP contribution in [0.15, 0.2) is 0 Å². The van der Waals surface area contributed by atoms with Crippen molar-refractivity contribution in [2.45, 2.75) is 32.6 Å². The van der Waals surface area contributed by atoms with Crippen LogP contribution in [0.5, 0.6) is 0 Å². The maximum atomic E-state index is 12.0. The summed E-state index contributed by atoms with van der Waals surface area (Å²) < 4.78 is 0.